The van der Waals surface area contributed by atoms with Crippen molar-refractivity contribution in [3.8, 4) is 5.75 Å². The summed E-state index contributed by atoms with van der Waals surface area (Å²) in [6, 6.07) is 17.2. The third-order valence-corrected chi connectivity index (χ3v) is 6.29. The molecular weight excluding hydrogens is 518 g/mol. The number of rotatable bonds is 6. The highest BCUT2D eigenvalue weighted by Gasteiger charge is 2.33. The second-order valence-electron chi connectivity index (χ2n) is 7.06. The lowest BCUT2D eigenvalue weighted by Gasteiger charge is -2.14. The fraction of sp³-hybridized carbons (Fsp3) is 0.0417. The SMILES string of the molecule is O=C(COc1cccc(/C=C2\SC(=S)N(c3ccc(F)cc3)C2=O)c1)Nc1cc(Cl)cc(Cl)c1. The zero-order chi connectivity index (χ0) is 24.2. The van der Waals surface area contributed by atoms with Gasteiger partial charge in [0.2, 0.25) is 0 Å². The Morgan fingerprint density at radius 1 is 1.09 bits per heavy atom. The highest BCUT2D eigenvalue weighted by atomic mass is 35.5. The van der Waals surface area contributed by atoms with Crippen LogP contribution in [0.15, 0.2) is 71.6 Å². The molecule has 3 aromatic rings. The lowest BCUT2D eigenvalue weighted by atomic mass is 10.2. The van der Waals surface area contributed by atoms with Gasteiger partial charge in [0.1, 0.15) is 11.6 Å². The maximum atomic E-state index is 13.2. The summed E-state index contributed by atoms with van der Waals surface area (Å²) in [4.78, 5) is 26.9. The van der Waals surface area contributed by atoms with Crippen molar-refractivity contribution in [2.45, 2.75) is 0 Å². The van der Waals surface area contributed by atoms with Crippen molar-refractivity contribution >= 4 is 80.8 Å². The van der Waals surface area contributed by atoms with Crippen molar-refractivity contribution in [3.63, 3.8) is 0 Å². The molecule has 1 aliphatic rings. The molecule has 4 rings (SSSR count). The first-order chi connectivity index (χ1) is 16.3. The number of amides is 2. The molecule has 172 valence electrons. The highest BCUT2D eigenvalue weighted by molar-refractivity contribution is 8.27. The molecule has 0 spiro atoms. The second kappa shape index (κ2) is 10.6. The topological polar surface area (TPSA) is 58.6 Å². The number of carbonyl (C=O) groups excluding carboxylic acids is 2. The van der Waals surface area contributed by atoms with E-state index in [-0.39, 0.29) is 18.4 Å². The fourth-order valence-corrected chi connectivity index (χ4v) is 4.92. The normalized spacial score (nSPS) is 14.6. The zero-order valence-electron chi connectivity index (χ0n) is 17.3. The van der Waals surface area contributed by atoms with Crippen LogP contribution in [-0.2, 0) is 9.59 Å². The van der Waals surface area contributed by atoms with Crippen LogP contribution in [-0.4, -0.2) is 22.7 Å². The average Bonchev–Trinajstić information content (AvgIpc) is 3.05. The van der Waals surface area contributed by atoms with Gasteiger partial charge in [-0.3, -0.25) is 14.5 Å². The molecule has 1 aliphatic heterocycles. The van der Waals surface area contributed by atoms with Gasteiger partial charge in [-0.25, -0.2) is 4.39 Å². The Kier molecular flexibility index (Phi) is 7.53. The summed E-state index contributed by atoms with van der Waals surface area (Å²) in [5.74, 6) is -0.634. The molecule has 0 unspecified atom stereocenters. The first-order valence-corrected chi connectivity index (χ1v) is 11.8. The quantitative estimate of drug-likeness (QED) is 0.288. The number of thiocarbonyl (C=S) groups is 1. The fourth-order valence-electron chi connectivity index (χ4n) is 3.10. The lowest BCUT2D eigenvalue weighted by molar-refractivity contribution is -0.118. The third kappa shape index (κ3) is 5.95. The minimum Gasteiger partial charge on any atom is -0.484 e. The van der Waals surface area contributed by atoms with Crippen molar-refractivity contribution in [2.24, 2.45) is 0 Å². The molecule has 1 heterocycles. The molecular formula is C24H15Cl2FN2O3S2. The monoisotopic (exact) mass is 532 g/mol. The van der Waals surface area contributed by atoms with Crippen LogP contribution in [0, 0.1) is 5.82 Å². The highest BCUT2D eigenvalue weighted by Crippen LogP contribution is 2.36. The molecule has 0 aromatic heterocycles. The molecule has 5 nitrogen and oxygen atoms in total. The Hall–Kier alpha value is -2.91. The number of ether oxygens (including phenoxy) is 1. The Morgan fingerprint density at radius 3 is 2.50 bits per heavy atom. The number of anilines is 2. The first-order valence-electron chi connectivity index (χ1n) is 9.81. The van der Waals surface area contributed by atoms with Gasteiger partial charge in [0, 0.05) is 15.7 Å². The zero-order valence-corrected chi connectivity index (χ0v) is 20.4. The van der Waals surface area contributed by atoms with Crippen molar-refractivity contribution in [2.75, 3.05) is 16.8 Å². The van der Waals surface area contributed by atoms with Crippen molar-refractivity contribution in [1.82, 2.24) is 0 Å². The van der Waals surface area contributed by atoms with Crippen LogP contribution >= 0.6 is 47.2 Å². The summed E-state index contributed by atoms with van der Waals surface area (Å²) in [7, 11) is 0. The van der Waals surface area contributed by atoms with E-state index in [0.29, 0.717) is 42.0 Å². The smallest absolute Gasteiger partial charge is 0.270 e. The molecule has 0 atom stereocenters. The number of carbonyl (C=O) groups is 2. The molecule has 2 amide bonds. The van der Waals surface area contributed by atoms with E-state index in [1.165, 1.54) is 29.2 Å². The van der Waals surface area contributed by atoms with Crippen LogP contribution in [0.5, 0.6) is 5.75 Å². The predicted molar refractivity (Wildman–Crippen MR) is 139 cm³/mol. The molecule has 1 N–H and O–H groups in total. The standard InChI is InChI=1S/C24H15Cl2FN2O3S2/c25-15-10-16(26)12-18(11-15)28-22(30)13-32-20-3-1-2-14(8-20)9-21-23(31)29(24(33)34-21)19-6-4-17(27)5-7-19/h1-12H,13H2,(H,28,30)/b21-9-. The molecule has 1 saturated heterocycles. The van der Waals surface area contributed by atoms with Gasteiger partial charge in [-0.2, -0.15) is 0 Å². The van der Waals surface area contributed by atoms with E-state index in [0.717, 1.165) is 11.8 Å². The van der Waals surface area contributed by atoms with E-state index in [9.17, 15) is 14.0 Å². The van der Waals surface area contributed by atoms with Gasteiger partial charge in [0.25, 0.3) is 11.8 Å². The maximum Gasteiger partial charge on any atom is 0.270 e. The summed E-state index contributed by atoms with van der Waals surface area (Å²) in [5, 5.41) is 3.47. The Bertz CT molecular complexity index is 1300. The van der Waals surface area contributed by atoms with Crippen molar-refractivity contribution in [1.29, 1.82) is 0 Å². The molecule has 0 aliphatic carbocycles. The van der Waals surface area contributed by atoms with Crippen LogP contribution in [0.25, 0.3) is 6.08 Å². The minimum atomic E-state index is -0.397. The maximum absolute atomic E-state index is 13.2. The van der Waals surface area contributed by atoms with Crippen LogP contribution in [0.1, 0.15) is 5.56 Å². The van der Waals surface area contributed by atoms with E-state index >= 15 is 0 Å². The molecule has 10 heteroatoms. The van der Waals surface area contributed by atoms with Crippen molar-refractivity contribution in [3.05, 3.63) is 93.1 Å². The van der Waals surface area contributed by atoms with E-state index < -0.39 is 5.82 Å². The third-order valence-electron chi connectivity index (χ3n) is 4.55. The average molecular weight is 533 g/mol. The molecule has 0 bridgehead atoms. The van der Waals surface area contributed by atoms with Gasteiger partial charge in [-0.05, 0) is 66.2 Å². The summed E-state index contributed by atoms with van der Waals surface area (Å²) >= 11 is 18.4. The number of halogens is 3. The lowest BCUT2D eigenvalue weighted by Crippen LogP contribution is -2.27. The van der Waals surface area contributed by atoms with Gasteiger partial charge in [0.05, 0.1) is 10.6 Å². The van der Waals surface area contributed by atoms with Gasteiger partial charge in [0.15, 0.2) is 10.9 Å². The molecule has 1 fully saturated rings. The van der Waals surface area contributed by atoms with Crippen LogP contribution in [0.2, 0.25) is 10.0 Å². The first kappa shape index (κ1) is 24.2. The Labute approximate surface area is 214 Å². The predicted octanol–water partition coefficient (Wildman–Crippen LogP) is 6.56. The van der Waals surface area contributed by atoms with Crippen LogP contribution < -0.4 is 15.0 Å². The summed E-state index contributed by atoms with van der Waals surface area (Å²) in [6.07, 6.45) is 1.68. The number of thioether (sulfide) groups is 1. The molecule has 0 saturated carbocycles. The second-order valence-corrected chi connectivity index (χ2v) is 9.61. The summed E-state index contributed by atoms with van der Waals surface area (Å²) in [6.45, 7) is -0.236. The van der Waals surface area contributed by atoms with Gasteiger partial charge in [-0.15, -0.1) is 0 Å². The van der Waals surface area contributed by atoms with Crippen molar-refractivity contribution < 1.29 is 18.7 Å². The number of nitrogens with zero attached hydrogens (tertiary/aromatic N) is 1. The number of hydrogen-bond acceptors (Lipinski definition) is 5. The minimum absolute atomic E-state index is 0.236. The van der Waals surface area contributed by atoms with E-state index in [1.54, 1.807) is 48.5 Å². The molecule has 34 heavy (non-hydrogen) atoms. The Morgan fingerprint density at radius 2 is 1.79 bits per heavy atom. The number of hydrogen-bond donors (Lipinski definition) is 1. The van der Waals surface area contributed by atoms with Gasteiger partial charge >= 0.3 is 0 Å². The van der Waals surface area contributed by atoms with Gasteiger partial charge in [-0.1, -0.05) is 59.3 Å². The number of nitrogens with one attached hydrogen (secondary N) is 1. The van der Waals surface area contributed by atoms with E-state index in [1.807, 2.05) is 0 Å². The van der Waals surface area contributed by atoms with E-state index in [4.69, 9.17) is 40.2 Å². The molecule has 0 radical (unpaired) electrons. The summed E-state index contributed by atoms with van der Waals surface area (Å²) in [5.41, 5.74) is 1.65. The van der Waals surface area contributed by atoms with Crippen LogP contribution in [0.3, 0.4) is 0 Å². The molecule has 3 aromatic carbocycles. The van der Waals surface area contributed by atoms with E-state index in [2.05, 4.69) is 5.32 Å². The van der Waals surface area contributed by atoms with Crippen LogP contribution in [0.4, 0.5) is 15.8 Å². The van der Waals surface area contributed by atoms with Gasteiger partial charge < -0.3 is 10.1 Å². The Balaban J connectivity index is 1.42. The summed E-state index contributed by atoms with van der Waals surface area (Å²) < 4.78 is 19.2. The number of benzene rings is 3. The largest absolute Gasteiger partial charge is 0.484 e.